The van der Waals surface area contributed by atoms with Gasteiger partial charge in [-0.3, -0.25) is 4.79 Å². The summed E-state index contributed by atoms with van der Waals surface area (Å²) in [6, 6.07) is 12.2. The highest BCUT2D eigenvalue weighted by Crippen LogP contribution is 2.42. The lowest BCUT2D eigenvalue weighted by Gasteiger charge is -2.29. The molecule has 1 saturated heterocycles. The Hall–Kier alpha value is -3.40. The van der Waals surface area contributed by atoms with Crippen molar-refractivity contribution in [1.29, 1.82) is 0 Å². The van der Waals surface area contributed by atoms with E-state index in [1.165, 1.54) is 6.07 Å². The fourth-order valence-corrected chi connectivity index (χ4v) is 4.93. The number of hydrogen-bond donors (Lipinski definition) is 3. The van der Waals surface area contributed by atoms with E-state index in [1.807, 2.05) is 24.3 Å². The fourth-order valence-electron chi connectivity index (χ4n) is 4.63. The van der Waals surface area contributed by atoms with Gasteiger partial charge in [-0.1, -0.05) is 35.9 Å². The van der Waals surface area contributed by atoms with Gasteiger partial charge in [-0.25, -0.2) is 9.37 Å². The number of anilines is 2. The van der Waals surface area contributed by atoms with Crippen molar-refractivity contribution in [3.8, 4) is 16.9 Å². The van der Waals surface area contributed by atoms with Gasteiger partial charge in [-0.2, -0.15) is 4.98 Å². The van der Waals surface area contributed by atoms with Crippen molar-refractivity contribution >= 4 is 63.4 Å². The number of rotatable bonds is 7. The van der Waals surface area contributed by atoms with Crippen LogP contribution in [0.2, 0.25) is 5.02 Å². The zero-order valence-electron chi connectivity index (χ0n) is 20.8. The molecule has 1 fully saturated rings. The number of aromatic hydroxyl groups is 1. The molecule has 0 amide bonds. The number of piperazine rings is 1. The number of aromatic nitrogens is 2. The van der Waals surface area contributed by atoms with E-state index in [2.05, 4.69) is 25.5 Å². The topological polar surface area (TPSA) is 99.6 Å². The first-order chi connectivity index (χ1) is 18.0. The Labute approximate surface area is 230 Å². The number of phenolic OH excluding ortho intramolecular Hbond substituents is 1. The number of fused-ring (bicyclic) bond motifs is 2. The molecular weight excluding hydrogens is 532 g/mol. The van der Waals surface area contributed by atoms with E-state index in [1.54, 1.807) is 19.1 Å². The third-order valence-electron chi connectivity index (χ3n) is 6.31. The van der Waals surface area contributed by atoms with Gasteiger partial charge in [0.25, 0.3) is 0 Å². The van der Waals surface area contributed by atoms with Gasteiger partial charge in [-0.05, 0) is 41.5 Å². The summed E-state index contributed by atoms with van der Waals surface area (Å²) in [5.74, 6) is -0.161. The molecule has 8 nitrogen and oxygen atoms in total. The number of halogens is 3. The van der Waals surface area contributed by atoms with Crippen molar-refractivity contribution in [2.75, 3.05) is 49.5 Å². The van der Waals surface area contributed by atoms with Crippen molar-refractivity contribution in [1.82, 2.24) is 15.3 Å². The largest absolute Gasteiger partial charge is 0.508 e. The average Bonchev–Trinajstić information content (AvgIpc) is 2.89. The van der Waals surface area contributed by atoms with Crippen LogP contribution in [0.25, 0.3) is 32.8 Å². The summed E-state index contributed by atoms with van der Waals surface area (Å²) in [5, 5.41) is 18.9. The average molecular weight is 560 g/mol. The van der Waals surface area contributed by atoms with Crippen LogP contribution in [0.1, 0.15) is 13.3 Å². The number of phenols is 1. The Bertz CT molecular complexity index is 1480. The summed E-state index contributed by atoms with van der Waals surface area (Å²) < 4.78 is 21.3. The van der Waals surface area contributed by atoms with Gasteiger partial charge in [0.05, 0.1) is 18.1 Å². The highest BCUT2D eigenvalue weighted by atomic mass is 35.5. The second-order valence-electron chi connectivity index (χ2n) is 8.75. The molecule has 200 valence electrons. The van der Waals surface area contributed by atoms with Crippen LogP contribution in [0, 0.1) is 5.82 Å². The summed E-state index contributed by atoms with van der Waals surface area (Å²) in [5.41, 5.74) is 0.733. The molecule has 11 heteroatoms. The fraction of sp³-hybridized carbons (Fsp3) is 0.296. The minimum Gasteiger partial charge on any atom is -0.508 e. The molecule has 2 heterocycles. The number of carbonyl (C=O) groups is 1. The van der Waals surface area contributed by atoms with Gasteiger partial charge >= 0.3 is 5.97 Å². The number of nitrogens with zero attached hydrogens (tertiary/aromatic N) is 3. The van der Waals surface area contributed by atoms with E-state index in [4.69, 9.17) is 16.3 Å². The number of esters is 1. The van der Waals surface area contributed by atoms with Crippen molar-refractivity contribution in [3.63, 3.8) is 0 Å². The SMILES string of the molecule is CCOC(=O)CCNc1nc(N2CCNCC2)c2cc(Cl)c(-c3cc(O)cc4ccccc34)c(F)c2n1.Cl. The maximum atomic E-state index is 16.4. The molecule has 5 rings (SSSR count). The third kappa shape index (κ3) is 5.55. The van der Waals surface area contributed by atoms with Crippen LogP contribution in [-0.4, -0.2) is 60.4 Å². The molecule has 0 aliphatic carbocycles. The Morgan fingerprint density at radius 3 is 2.71 bits per heavy atom. The first kappa shape index (κ1) is 27.6. The smallest absolute Gasteiger partial charge is 0.307 e. The first-order valence-electron chi connectivity index (χ1n) is 12.2. The maximum Gasteiger partial charge on any atom is 0.307 e. The lowest BCUT2D eigenvalue weighted by Crippen LogP contribution is -2.44. The number of ether oxygens (including phenoxy) is 1. The van der Waals surface area contributed by atoms with Gasteiger partial charge in [0.1, 0.15) is 17.1 Å². The molecule has 3 aromatic carbocycles. The molecule has 0 radical (unpaired) electrons. The molecule has 1 aliphatic heterocycles. The standard InChI is InChI=1S/C27H27ClFN5O3.ClH/c1-2-37-22(36)7-8-31-27-32-25-20(26(33-27)34-11-9-30-10-12-34)15-21(28)23(24(25)29)19-14-17(35)13-16-5-3-4-6-18(16)19;/h3-6,13-15,30,35H,2,7-12H2,1H3,(H,31,32,33);1H. The van der Waals surface area contributed by atoms with Crippen LogP contribution in [0.3, 0.4) is 0 Å². The minimum absolute atomic E-state index is 0. The highest BCUT2D eigenvalue weighted by molar-refractivity contribution is 6.35. The summed E-state index contributed by atoms with van der Waals surface area (Å²) >= 11 is 6.72. The summed E-state index contributed by atoms with van der Waals surface area (Å²) in [6.45, 7) is 5.20. The van der Waals surface area contributed by atoms with Crippen LogP contribution < -0.4 is 15.5 Å². The van der Waals surface area contributed by atoms with Crippen molar-refractivity contribution in [2.24, 2.45) is 0 Å². The second kappa shape index (κ2) is 12.0. The molecule has 1 aromatic heterocycles. The van der Waals surface area contributed by atoms with Gasteiger partial charge in [0, 0.05) is 43.7 Å². The van der Waals surface area contributed by atoms with Gasteiger partial charge in [0.2, 0.25) is 5.95 Å². The van der Waals surface area contributed by atoms with Crippen molar-refractivity contribution in [3.05, 3.63) is 53.3 Å². The lowest BCUT2D eigenvalue weighted by atomic mass is 9.96. The summed E-state index contributed by atoms with van der Waals surface area (Å²) in [4.78, 5) is 23.0. The molecule has 0 bridgehead atoms. The van der Waals surface area contributed by atoms with Crippen LogP contribution in [0.5, 0.6) is 5.75 Å². The number of hydrogen-bond acceptors (Lipinski definition) is 8. The molecular formula is C27H28Cl2FN5O3. The maximum absolute atomic E-state index is 16.4. The second-order valence-corrected chi connectivity index (χ2v) is 9.15. The number of carbonyl (C=O) groups excluding carboxylic acids is 1. The van der Waals surface area contributed by atoms with E-state index < -0.39 is 5.82 Å². The third-order valence-corrected chi connectivity index (χ3v) is 6.61. The number of benzene rings is 3. The van der Waals surface area contributed by atoms with Gasteiger partial charge in [0.15, 0.2) is 5.82 Å². The van der Waals surface area contributed by atoms with E-state index in [-0.39, 0.29) is 59.1 Å². The van der Waals surface area contributed by atoms with Crippen LogP contribution in [-0.2, 0) is 9.53 Å². The van der Waals surface area contributed by atoms with Gasteiger partial charge in [-0.15, -0.1) is 12.4 Å². The number of nitrogens with one attached hydrogen (secondary N) is 2. The van der Waals surface area contributed by atoms with E-state index >= 15 is 4.39 Å². The van der Waals surface area contributed by atoms with E-state index in [0.29, 0.717) is 36.5 Å². The predicted molar refractivity (Wildman–Crippen MR) is 151 cm³/mol. The molecule has 0 saturated carbocycles. The zero-order valence-corrected chi connectivity index (χ0v) is 22.3. The quantitative estimate of drug-likeness (QED) is 0.267. The zero-order chi connectivity index (χ0) is 25.9. The highest BCUT2D eigenvalue weighted by Gasteiger charge is 2.24. The molecule has 0 unspecified atom stereocenters. The summed E-state index contributed by atoms with van der Waals surface area (Å²) in [7, 11) is 0. The van der Waals surface area contributed by atoms with Gasteiger partial charge < -0.3 is 25.4 Å². The monoisotopic (exact) mass is 559 g/mol. The predicted octanol–water partition coefficient (Wildman–Crippen LogP) is 5.14. The van der Waals surface area contributed by atoms with E-state index in [9.17, 15) is 9.90 Å². The van der Waals surface area contributed by atoms with Crippen molar-refractivity contribution in [2.45, 2.75) is 13.3 Å². The first-order valence-corrected chi connectivity index (χ1v) is 12.6. The molecule has 0 atom stereocenters. The summed E-state index contributed by atoms with van der Waals surface area (Å²) in [6.07, 6.45) is 0.127. The lowest BCUT2D eigenvalue weighted by molar-refractivity contribution is -0.142. The molecule has 3 N–H and O–H groups in total. The molecule has 38 heavy (non-hydrogen) atoms. The van der Waals surface area contributed by atoms with Crippen LogP contribution >= 0.6 is 24.0 Å². The van der Waals surface area contributed by atoms with Crippen molar-refractivity contribution < 1.29 is 19.0 Å². The minimum atomic E-state index is -0.606. The Morgan fingerprint density at radius 2 is 1.95 bits per heavy atom. The Balaban J connectivity index is 0.00000336. The van der Waals surface area contributed by atoms with Crippen LogP contribution in [0.15, 0.2) is 42.5 Å². The molecule has 4 aromatic rings. The Kier molecular flexibility index (Phi) is 8.71. The Morgan fingerprint density at radius 1 is 1.18 bits per heavy atom. The molecule has 0 spiro atoms. The van der Waals surface area contributed by atoms with Crippen LogP contribution in [0.4, 0.5) is 16.2 Å². The van der Waals surface area contributed by atoms with E-state index in [0.717, 1.165) is 23.9 Å². The normalized spacial score (nSPS) is 13.4. The molecule has 1 aliphatic rings.